The molecule has 3 saturated carbocycles. The average Bonchev–Trinajstić information content (AvgIpc) is 2.58. The first kappa shape index (κ1) is 16.8. The molecule has 3 rings (SSSR count). The van der Waals surface area contributed by atoms with E-state index in [9.17, 15) is 0 Å². The van der Waals surface area contributed by atoms with Crippen molar-refractivity contribution in [3.63, 3.8) is 0 Å². The van der Waals surface area contributed by atoms with E-state index in [2.05, 4.69) is 11.8 Å². The van der Waals surface area contributed by atoms with Crippen LogP contribution in [0.4, 0.5) is 0 Å². The molecule has 0 aliphatic heterocycles. The lowest BCUT2D eigenvalue weighted by Gasteiger charge is -2.48. The van der Waals surface area contributed by atoms with Crippen molar-refractivity contribution in [3.8, 4) is 0 Å². The fourth-order valence-corrected chi connectivity index (χ4v) is 5.39. The summed E-state index contributed by atoms with van der Waals surface area (Å²) >= 11 is 0. The molecule has 128 valence electrons. The predicted molar refractivity (Wildman–Crippen MR) is 93.2 cm³/mol. The van der Waals surface area contributed by atoms with Crippen LogP contribution in [0.25, 0.3) is 0 Å². The molecule has 0 aromatic heterocycles. The third-order valence-corrected chi connectivity index (χ3v) is 6.80. The Morgan fingerprint density at radius 3 is 1.68 bits per heavy atom. The first-order valence-electron chi connectivity index (χ1n) is 10.1. The lowest BCUT2D eigenvalue weighted by atomic mass is 9.81. The highest BCUT2D eigenvalue weighted by Gasteiger charge is 2.36. The van der Waals surface area contributed by atoms with Crippen LogP contribution in [0.1, 0.15) is 90.4 Å². The SMILES string of the molecule is COC1CCC(N(C2CCCCC2)C2CCC(C)CC2)CC1. The van der Waals surface area contributed by atoms with Crippen LogP contribution in [0.5, 0.6) is 0 Å². The molecule has 2 nitrogen and oxygen atoms in total. The van der Waals surface area contributed by atoms with Crippen molar-refractivity contribution in [1.82, 2.24) is 4.90 Å². The van der Waals surface area contributed by atoms with Gasteiger partial charge >= 0.3 is 0 Å². The van der Waals surface area contributed by atoms with Gasteiger partial charge in [-0.1, -0.05) is 26.2 Å². The number of hydrogen-bond donors (Lipinski definition) is 0. The molecule has 0 atom stereocenters. The molecule has 0 aromatic rings. The number of nitrogens with zero attached hydrogens (tertiary/aromatic N) is 1. The number of hydrogen-bond acceptors (Lipinski definition) is 2. The average molecular weight is 308 g/mol. The van der Waals surface area contributed by atoms with E-state index >= 15 is 0 Å². The topological polar surface area (TPSA) is 12.5 Å². The second-order valence-corrected chi connectivity index (χ2v) is 8.32. The lowest BCUT2D eigenvalue weighted by Crippen LogP contribution is -2.52. The van der Waals surface area contributed by atoms with Crippen LogP contribution in [0.15, 0.2) is 0 Å². The quantitative estimate of drug-likeness (QED) is 0.711. The molecule has 0 bridgehead atoms. The van der Waals surface area contributed by atoms with Gasteiger partial charge in [-0.2, -0.15) is 0 Å². The van der Waals surface area contributed by atoms with Crippen LogP contribution in [0, 0.1) is 5.92 Å². The lowest BCUT2D eigenvalue weighted by molar-refractivity contribution is -0.0130. The molecular weight excluding hydrogens is 270 g/mol. The smallest absolute Gasteiger partial charge is 0.0572 e. The highest BCUT2D eigenvalue weighted by Crippen LogP contribution is 2.37. The Morgan fingerprint density at radius 2 is 1.14 bits per heavy atom. The molecule has 0 aromatic carbocycles. The summed E-state index contributed by atoms with van der Waals surface area (Å²) in [6, 6.07) is 2.65. The molecule has 2 heteroatoms. The van der Waals surface area contributed by atoms with Crippen LogP contribution in [-0.2, 0) is 4.74 Å². The van der Waals surface area contributed by atoms with E-state index in [0.29, 0.717) is 6.10 Å². The predicted octanol–water partition coefficient (Wildman–Crippen LogP) is 5.16. The highest BCUT2D eigenvalue weighted by atomic mass is 16.5. The normalized spacial score (nSPS) is 38.3. The van der Waals surface area contributed by atoms with Gasteiger partial charge in [0.2, 0.25) is 0 Å². The van der Waals surface area contributed by atoms with Crippen LogP contribution in [0.3, 0.4) is 0 Å². The van der Waals surface area contributed by atoms with Gasteiger partial charge in [0, 0.05) is 25.2 Å². The molecule has 22 heavy (non-hydrogen) atoms. The maximum Gasteiger partial charge on any atom is 0.0572 e. The molecule has 3 aliphatic rings. The van der Waals surface area contributed by atoms with Crippen molar-refractivity contribution in [2.45, 2.75) is 115 Å². The molecule has 0 amide bonds. The van der Waals surface area contributed by atoms with Crippen molar-refractivity contribution < 1.29 is 4.74 Å². The molecule has 0 unspecified atom stereocenters. The summed E-state index contributed by atoms with van der Waals surface area (Å²) in [6.45, 7) is 2.45. The maximum absolute atomic E-state index is 5.61. The zero-order valence-corrected chi connectivity index (χ0v) is 14.9. The van der Waals surface area contributed by atoms with E-state index in [4.69, 9.17) is 4.74 Å². The van der Waals surface area contributed by atoms with E-state index in [1.54, 1.807) is 0 Å². The molecular formula is C20H37NO. The Bertz CT molecular complexity index is 310. The van der Waals surface area contributed by atoms with Crippen molar-refractivity contribution >= 4 is 0 Å². The van der Waals surface area contributed by atoms with Crippen LogP contribution in [-0.4, -0.2) is 36.2 Å². The molecule has 3 fully saturated rings. The summed E-state index contributed by atoms with van der Waals surface area (Å²) in [6.07, 6.45) is 19.1. The van der Waals surface area contributed by atoms with Crippen molar-refractivity contribution in [2.75, 3.05) is 7.11 Å². The summed E-state index contributed by atoms with van der Waals surface area (Å²) in [7, 11) is 1.90. The Labute approximate surface area is 138 Å². The molecule has 0 radical (unpaired) electrons. The zero-order chi connectivity index (χ0) is 15.4. The summed E-state index contributed by atoms with van der Waals surface area (Å²) in [5.74, 6) is 0.966. The third kappa shape index (κ3) is 4.06. The van der Waals surface area contributed by atoms with Gasteiger partial charge in [-0.15, -0.1) is 0 Å². The first-order valence-corrected chi connectivity index (χ1v) is 10.1. The van der Waals surface area contributed by atoms with E-state index in [1.165, 1.54) is 83.5 Å². The zero-order valence-electron chi connectivity index (χ0n) is 14.9. The van der Waals surface area contributed by atoms with Crippen molar-refractivity contribution in [1.29, 1.82) is 0 Å². The van der Waals surface area contributed by atoms with Crippen molar-refractivity contribution in [3.05, 3.63) is 0 Å². The van der Waals surface area contributed by atoms with E-state index in [-0.39, 0.29) is 0 Å². The maximum atomic E-state index is 5.61. The summed E-state index contributed by atoms with van der Waals surface area (Å²) in [5.41, 5.74) is 0. The standard InChI is InChI=1S/C20H37NO/c1-16-8-10-18(11-9-16)21(17-6-4-3-5-7-17)19-12-14-20(22-2)15-13-19/h16-20H,3-15H2,1-2H3. The Balaban J connectivity index is 1.65. The number of rotatable bonds is 4. The highest BCUT2D eigenvalue weighted by molar-refractivity contribution is 4.91. The fraction of sp³-hybridized carbons (Fsp3) is 1.00. The second-order valence-electron chi connectivity index (χ2n) is 8.32. The second kappa shape index (κ2) is 8.15. The molecule has 0 heterocycles. The van der Waals surface area contributed by atoms with Crippen LogP contribution in [0.2, 0.25) is 0 Å². The Morgan fingerprint density at radius 1 is 0.636 bits per heavy atom. The Hall–Kier alpha value is -0.0800. The van der Waals surface area contributed by atoms with Gasteiger partial charge < -0.3 is 4.74 Å². The van der Waals surface area contributed by atoms with Crippen molar-refractivity contribution in [2.24, 2.45) is 5.92 Å². The molecule has 0 saturated heterocycles. The molecule has 3 aliphatic carbocycles. The van der Waals surface area contributed by atoms with E-state index < -0.39 is 0 Å². The third-order valence-electron chi connectivity index (χ3n) is 6.80. The number of methoxy groups -OCH3 is 1. The Kier molecular flexibility index (Phi) is 6.21. The minimum Gasteiger partial charge on any atom is -0.381 e. The summed E-state index contributed by atoms with van der Waals surface area (Å²) < 4.78 is 5.61. The van der Waals surface area contributed by atoms with Gasteiger partial charge in [-0.3, -0.25) is 4.90 Å². The number of ether oxygens (including phenoxy) is 1. The van der Waals surface area contributed by atoms with Gasteiger partial charge in [0.25, 0.3) is 0 Å². The largest absolute Gasteiger partial charge is 0.381 e. The van der Waals surface area contributed by atoms with Gasteiger partial charge in [0.05, 0.1) is 6.10 Å². The monoisotopic (exact) mass is 307 g/mol. The van der Waals surface area contributed by atoms with Gasteiger partial charge in [0.1, 0.15) is 0 Å². The fourth-order valence-electron chi connectivity index (χ4n) is 5.39. The van der Waals surface area contributed by atoms with E-state index in [0.717, 1.165) is 24.0 Å². The first-order chi connectivity index (χ1) is 10.8. The molecule has 0 spiro atoms. The molecule has 0 N–H and O–H groups in total. The summed E-state index contributed by atoms with van der Waals surface area (Å²) in [4.78, 5) is 3.05. The van der Waals surface area contributed by atoms with Gasteiger partial charge in [-0.05, 0) is 70.1 Å². The summed E-state index contributed by atoms with van der Waals surface area (Å²) in [5, 5.41) is 0. The van der Waals surface area contributed by atoms with Gasteiger partial charge in [0.15, 0.2) is 0 Å². The van der Waals surface area contributed by atoms with Crippen LogP contribution < -0.4 is 0 Å². The van der Waals surface area contributed by atoms with E-state index in [1.807, 2.05) is 7.11 Å². The minimum atomic E-state index is 0.538. The minimum absolute atomic E-state index is 0.538. The van der Waals surface area contributed by atoms with Gasteiger partial charge in [-0.25, -0.2) is 0 Å². The van der Waals surface area contributed by atoms with Crippen LogP contribution >= 0.6 is 0 Å².